The summed E-state index contributed by atoms with van der Waals surface area (Å²) in [6.45, 7) is 11.1. The summed E-state index contributed by atoms with van der Waals surface area (Å²) in [5.41, 5.74) is 4.24. The van der Waals surface area contributed by atoms with E-state index in [2.05, 4.69) is 31.2 Å². The zero-order chi connectivity index (χ0) is 53.9. The molecule has 1 saturated carbocycles. The molecule has 4 N–H and O–H groups in total. The molecule has 76 heavy (non-hydrogen) atoms. The summed E-state index contributed by atoms with van der Waals surface area (Å²) >= 11 is 9.05. The van der Waals surface area contributed by atoms with Crippen molar-refractivity contribution in [3.8, 4) is 16.2 Å². The summed E-state index contributed by atoms with van der Waals surface area (Å²) < 4.78 is 43.4. The van der Waals surface area contributed by atoms with Crippen molar-refractivity contribution in [1.82, 2.24) is 35.8 Å². The van der Waals surface area contributed by atoms with Crippen molar-refractivity contribution >= 4 is 68.9 Å². The van der Waals surface area contributed by atoms with E-state index in [-0.39, 0.29) is 60.1 Å². The highest BCUT2D eigenvalue weighted by Gasteiger charge is 2.44. The second-order valence-corrected chi connectivity index (χ2v) is 22.2. The number of aryl methyl sites for hydroxylation is 1. The first-order valence-corrected chi connectivity index (χ1v) is 28.0. The number of thiazole rings is 2. The molecule has 0 radical (unpaired) electrons. The van der Waals surface area contributed by atoms with Crippen LogP contribution in [0.2, 0.25) is 5.02 Å². The molecular formula is C55H70ClFN8O9S2. The molecule has 5 aromatic rings. The Kier molecular flexibility index (Phi) is 21.9. The first-order valence-electron chi connectivity index (χ1n) is 25.9. The van der Waals surface area contributed by atoms with E-state index < -0.39 is 28.7 Å². The maximum absolute atomic E-state index is 14.7. The van der Waals surface area contributed by atoms with Gasteiger partial charge in [0.1, 0.15) is 17.9 Å². The Balaban J connectivity index is 0.739. The van der Waals surface area contributed by atoms with Crippen LogP contribution in [0.4, 0.5) is 15.3 Å². The van der Waals surface area contributed by atoms with Crippen LogP contribution in [0.3, 0.4) is 0 Å². The van der Waals surface area contributed by atoms with E-state index in [4.69, 9.17) is 40.3 Å². The minimum absolute atomic E-state index is 0.00361. The number of aromatic nitrogens is 3. The molecule has 7 rings (SSSR count). The molecular weight excluding hydrogens is 1040 g/mol. The van der Waals surface area contributed by atoms with Gasteiger partial charge in [0.05, 0.1) is 85.5 Å². The highest BCUT2D eigenvalue weighted by Crippen LogP contribution is 2.41. The van der Waals surface area contributed by atoms with Crippen LogP contribution in [0.25, 0.3) is 10.4 Å². The molecule has 2 aliphatic rings. The van der Waals surface area contributed by atoms with E-state index in [1.165, 1.54) is 17.4 Å². The molecule has 1 aliphatic carbocycles. The van der Waals surface area contributed by atoms with Crippen LogP contribution in [0, 0.1) is 23.6 Å². The van der Waals surface area contributed by atoms with Crippen LogP contribution >= 0.6 is 34.3 Å². The van der Waals surface area contributed by atoms with Gasteiger partial charge in [-0.2, -0.15) is 0 Å². The lowest BCUT2D eigenvalue weighted by Crippen LogP contribution is -2.57. The number of nitrogens with one attached hydrogen (secondary N) is 4. The van der Waals surface area contributed by atoms with Crippen molar-refractivity contribution in [2.24, 2.45) is 10.8 Å². The van der Waals surface area contributed by atoms with Crippen LogP contribution in [0.15, 0.2) is 77.8 Å². The molecule has 0 unspecified atom stereocenters. The quantitative estimate of drug-likeness (QED) is 0.0348. The van der Waals surface area contributed by atoms with Gasteiger partial charge in [-0.15, -0.1) is 22.7 Å². The fraction of sp³-hybridized carbons (Fsp3) is 0.509. The van der Waals surface area contributed by atoms with Crippen molar-refractivity contribution in [3.63, 3.8) is 0 Å². The second kappa shape index (κ2) is 28.7. The lowest BCUT2D eigenvalue weighted by molar-refractivity contribution is -0.144. The first kappa shape index (κ1) is 58.1. The molecule has 4 amide bonds. The number of benzene rings is 2. The van der Waals surface area contributed by atoms with Gasteiger partial charge in [0, 0.05) is 49.7 Å². The smallest absolute Gasteiger partial charge is 0.246 e. The number of ether oxygens (including phenoxy) is 5. The van der Waals surface area contributed by atoms with Crippen LogP contribution in [0.1, 0.15) is 82.7 Å². The second-order valence-electron chi connectivity index (χ2n) is 20.0. The molecule has 17 nitrogen and oxygen atoms in total. The first-order chi connectivity index (χ1) is 36.7. The number of pyridine rings is 1. The summed E-state index contributed by atoms with van der Waals surface area (Å²) in [6, 6.07) is 16.9. The number of nitrogens with zero attached hydrogens (tertiary/aromatic N) is 4. The van der Waals surface area contributed by atoms with Gasteiger partial charge in [-0.25, -0.2) is 19.3 Å². The summed E-state index contributed by atoms with van der Waals surface area (Å²) in [6.07, 6.45) is 5.26. The van der Waals surface area contributed by atoms with Crippen molar-refractivity contribution in [2.45, 2.75) is 104 Å². The normalized spacial score (nSPS) is 18.0. The maximum atomic E-state index is 14.7. The molecule has 0 bridgehead atoms. The molecule has 4 heterocycles. The van der Waals surface area contributed by atoms with Gasteiger partial charge >= 0.3 is 0 Å². The standard InChI is InChI=1S/C55H70ClFN8O9S2/c1-37-48(76-36-61-37)39-15-13-38(14-16-39)35-60-50(67)43-10-7-24-65(43)51(68)49(54(2,3)4)64-46(66)19-25-70-27-29-72-31-32-73-30-28-71-26-22-58-52(69)55(34-40-8-5-12-45(62-40)63-53-59-23-33-75-53)20-17-41(18-21-55)74-44-11-6-9-42(56)47(44)57/h5-6,8-9,11-16,23,33,36,41,43,49H,7,10,17-22,24-32,34-35H2,1-4H3,(H,58,69)(H,60,67)(H,64,66)(H,59,62,63)/t41-,43-,49+,55-/m0/s1. The largest absolute Gasteiger partial charge is 0.487 e. The summed E-state index contributed by atoms with van der Waals surface area (Å²) in [5, 5.41) is 14.8. The van der Waals surface area contributed by atoms with Crippen LogP contribution < -0.4 is 26.0 Å². The number of likely N-dealkylation sites (tertiary alicyclic amines) is 1. The highest BCUT2D eigenvalue weighted by molar-refractivity contribution is 7.13. The van der Waals surface area contributed by atoms with E-state index >= 15 is 0 Å². The Morgan fingerprint density at radius 3 is 2.22 bits per heavy atom. The van der Waals surface area contributed by atoms with E-state index in [0.29, 0.717) is 110 Å². The number of hydrogen-bond acceptors (Lipinski definition) is 15. The molecule has 1 saturated heterocycles. The van der Waals surface area contributed by atoms with E-state index in [1.807, 2.05) is 81.1 Å². The van der Waals surface area contributed by atoms with Crippen LogP contribution in [-0.4, -0.2) is 128 Å². The molecule has 2 atom stereocenters. The number of halogens is 2. The van der Waals surface area contributed by atoms with E-state index in [1.54, 1.807) is 34.6 Å². The van der Waals surface area contributed by atoms with Crippen molar-refractivity contribution < 1.29 is 47.3 Å². The summed E-state index contributed by atoms with van der Waals surface area (Å²) in [4.78, 5) is 70.6. The van der Waals surface area contributed by atoms with Gasteiger partial charge in [-0.1, -0.05) is 68.8 Å². The fourth-order valence-corrected chi connectivity index (χ4v) is 10.8. The molecule has 410 valence electrons. The predicted molar refractivity (Wildman–Crippen MR) is 291 cm³/mol. The van der Waals surface area contributed by atoms with Gasteiger partial charge in [0.15, 0.2) is 16.7 Å². The van der Waals surface area contributed by atoms with Crippen LogP contribution in [-0.2, 0) is 51.1 Å². The number of rotatable bonds is 28. The predicted octanol–water partition coefficient (Wildman–Crippen LogP) is 8.47. The summed E-state index contributed by atoms with van der Waals surface area (Å²) in [5.74, 6) is -0.756. The topological polar surface area (TPSA) is 204 Å². The average Bonchev–Trinajstić information content (AvgIpc) is 4.21. The van der Waals surface area contributed by atoms with E-state index in [9.17, 15) is 23.6 Å². The lowest BCUT2D eigenvalue weighted by atomic mass is 9.69. The molecule has 1 aliphatic heterocycles. The third kappa shape index (κ3) is 16.9. The van der Waals surface area contributed by atoms with Gasteiger partial charge in [0.2, 0.25) is 23.6 Å². The number of hydrogen-bond donors (Lipinski definition) is 4. The van der Waals surface area contributed by atoms with Crippen molar-refractivity contribution in [1.29, 1.82) is 0 Å². The van der Waals surface area contributed by atoms with Gasteiger partial charge in [-0.3, -0.25) is 19.2 Å². The Hall–Kier alpha value is -5.61. The average molecular weight is 1110 g/mol. The van der Waals surface area contributed by atoms with Crippen molar-refractivity contribution in [2.75, 3.05) is 71.3 Å². The molecule has 2 aromatic carbocycles. The highest BCUT2D eigenvalue weighted by atomic mass is 35.5. The number of carbonyl (C=O) groups is 4. The minimum Gasteiger partial charge on any atom is -0.487 e. The van der Waals surface area contributed by atoms with Crippen molar-refractivity contribution in [3.05, 3.63) is 106 Å². The molecule has 0 spiro atoms. The Morgan fingerprint density at radius 2 is 1.55 bits per heavy atom. The van der Waals surface area contributed by atoms with E-state index in [0.717, 1.165) is 32.5 Å². The Labute approximate surface area is 457 Å². The minimum atomic E-state index is -0.825. The summed E-state index contributed by atoms with van der Waals surface area (Å²) in [7, 11) is 0. The van der Waals surface area contributed by atoms with Crippen LogP contribution in [0.5, 0.6) is 5.75 Å². The van der Waals surface area contributed by atoms with Gasteiger partial charge in [-0.05, 0) is 86.3 Å². The lowest BCUT2D eigenvalue weighted by Gasteiger charge is -2.39. The number of carbonyl (C=O) groups excluding carboxylic acids is 4. The molecule has 3 aromatic heterocycles. The number of anilines is 2. The third-order valence-corrected chi connectivity index (χ3v) is 15.3. The van der Waals surface area contributed by atoms with Gasteiger partial charge < -0.3 is 49.9 Å². The molecule has 21 heteroatoms. The van der Waals surface area contributed by atoms with Gasteiger partial charge in [0.25, 0.3) is 0 Å². The fourth-order valence-electron chi connectivity index (χ4n) is 9.25. The zero-order valence-electron chi connectivity index (χ0n) is 43.7. The monoisotopic (exact) mass is 1100 g/mol. The Bertz CT molecular complexity index is 2650. The Morgan fingerprint density at radius 1 is 0.855 bits per heavy atom. The number of amides is 4. The SMILES string of the molecule is Cc1ncsc1-c1ccc(CNC(=O)[C@@H]2CCCN2C(=O)[C@@H](NC(=O)CCOCCOCCOCCOCCNC(=O)[C@]2(Cc3cccc(Nc4nccs4)n3)CC[C@@H](Oc3cccc(Cl)c3F)CC2)C(C)(C)C)cc1. The maximum Gasteiger partial charge on any atom is 0.246 e. The molecule has 2 fully saturated rings. The third-order valence-electron chi connectivity index (χ3n) is 13.4. The zero-order valence-corrected chi connectivity index (χ0v) is 46.1.